The average Bonchev–Trinajstić information content (AvgIpc) is 3.09. The Morgan fingerprint density at radius 3 is 1.91 bits per heavy atom. The first kappa shape index (κ1) is 35.2. The van der Waals surface area contributed by atoms with Gasteiger partial charge >= 0.3 is 12.1 Å². The van der Waals surface area contributed by atoms with Gasteiger partial charge in [0.1, 0.15) is 6.17 Å². The zero-order valence-corrected chi connectivity index (χ0v) is 27.9. The van der Waals surface area contributed by atoms with E-state index in [-0.39, 0.29) is 24.5 Å². The number of piperazine rings is 1. The first-order chi connectivity index (χ1) is 22.5. The highest BCUT2D eigenvalue weighted by Crippen LogP contribution is 2.28. The maximum absolute atomic E-state index is 14.4. The molecule has 1 atom stereocenters. The van der Waals surface area contributed by atoms with Gasteiger partial charge in [0.25, 0.3) is 0 Å². The molecule has 0 aromatic heterocycles. The highest BCUT2D eigenvalue weighted by atomic mass is 16.5. The van der Waals surface area contributed by atoms with E-state index >= 15 is 0 Å². The number of rotatable bonds is 15. The first-order valence-corrected chi connectivity index (χ1v) is 17.4. The normalized spacial score (nSPS) is 17.0. The summed E-state index contributed by atoms with van der Waals surface area (Å²) in [5, 5.41) is 3.16. The molecule has 0 radical (unpaired) electrons. The third-order valence-electron chi connectivity index (χ3n) is 8.76. The molecule has 252 valence electrons. The van der Waals surface area contributed by atoms with Crippen LogP contribution in [0.5, 0.6) is 0 Å². The molecule has 1 N–H and O–H groups in total. The minimum atomic E-state index is -0.649. The molecule has 2 aliphatic heterocycles. The summed E-state index contributed by atoms with van der Waals surface area (Å²) in [7, 11) is 0. The largest absolute Gasteiger partial charge is 0.379 e. The Hall–Kier alpha value is -3.63. The number of morpholine rings is 1. The number of anilines is 2. The molecule has 2 heterocycles. The van der Waals surface area contributed by atoms with Crippen LogP contribution < -0.4 is 10.2 Å². The second-order valence-electron chi connectivity index (χ2n) is 12.3. The summed E-state index contributed by atoms with van der Waals surface area (Å²) >= 11 is 0. The van der Waals surface area contributed by atoms with Crippen molar-refractivity contribution >= 4 is 29.3 Å². The van der Waals surface area contributed by atoms with Crippen LogP contribution >= 0.6 is 0 Å². The third-order valence-corrected chi connectivity index (χ3v) is 8.76. The lowest BCUT2D eigenvalue weighted by atomic mass is 10.2. The molecule has 0 saturated carbocycles. The van der Waals surface area contributed by atoms with Crippen molar-refractivity contribution in [3.05, 3.63) is 60.7 Å². The summed E-state index contributed by atoms with van der Waals surface area (Å²) < 4.78 is 5.45. The Bertz CT molecular complexity index is 1140. The van der Waals surface area contributed by atoms with E-state index in [9.17, 15) is 14.4 Å². The van der Waals surface area contributed by atoms with Gasteiger partial charge in [-0.25, -0.2) is 9.59 Å². The molecule has 4 rings (SSSR count). The van der Waals surface area contributed by atoms with Crippen LogP contribution in [0.2, 0.25) is 0 Å². The summed E-state index contributed by atoms with van der Waals surface area (Å²) in [6.07, 6.45) is 6.72. The van der Waals surface area contributed by atoms with E-state index in [0.29, 0.717) is 19.5 Å². The van der Waals surface area contributed by atoms with E-state index in [4.69, 9.17) is 4.74 Å². The average molecular weight is 635 g/mol. The molecule has 0 bridgehead atoms. The van der Waals surface area contributed by atoms with Crippen LogP contribution in [-0.4, -0.2) is 109 Å². The molecular weight excluding hydrogens is 580 g/mol. The van der Waals surface area contributed by atoms with Gasteiger partial charge < -0.3 is 24.8 Å². The van der Waals surface area contributed by atoms with Gasteiger partial charge in [-0.2, -0.15) is 0 Å². The lowest BCUT2D eigenvalue weighted by Crippen LogP contribution is -2.65. The number of ether oxygens (including phenoxy) is 1. The third kappa shape index (κ3) is 10.5. The summed E-state index contributed by atoms with van der Waals surface area (Å²) in [6, 6.07) is 18.9. The van der Waals surface area contributed by atoms with Crippen LogP contribution in [0.1, 0.15) is 65.2 Å². The fraction of sp³-hybridized carbons (Fsp3) is 0.583. The van der Waals surface area contributed by atoms with Gasteiger partial charge in [0, 0.05) is 45.7 Å². The number of nitrogens with zero attached hydrogens (tertiary/aromatic N) is 5. The van der Waals surface area contributed by atoms with Crippen LogP contribution in [0.15, 0.2) is 60.7 Å². The zero-order chi connectivity index (χ0) is 32.6. The fourth-order valence-corrected chi connectivity index (χ4v) is 6.12. The number of carbonyl (C=O) groups is 3. The zero-order valence-electron chi connectivity index (χ0n) is 27.9. The summed E-state index contributed by atoms with van der Waals surface area (Å²) in [5.74, 6) is -0.112. The monoisotopic (exact) mass is 634 g/mol. The van der Waals surface area contributed by atoms with Gasteiger partial charge in [0.2, 0.25) is 5.91 Å². The molecule has 2 saturated heterocycles. The molecule has 2 aromatic rings. The van der Waals surface area contributed by atoms with Crippen LogP contribution in [0.4, 0.5) is 21.0 Å². The van der Waals surface area contributed by atoms with Crippen LogP contribution in [0.25, 0.3) is 0 Å². The minimum absolute atomic E-state index is 0.00570. The van der Waals surface area contributed by atoms with Gasteiger partial charge in [-0.05, 0) is 50.1 Å². The smallest absolute Gasteiger partial charge is 0.330 e. The van der Waals surface area contributed by atoms with E-state index in [0.717, 1.165) is 102 Å². The number of unbranched alkanes of at least 4 members (excludes halogenated alkanes) is 4. The standard InChI is InChI=1S/C36H54N6O4/c1-3-5-13-22-39(23-14-6-4-2)35(44)40-24-25-41(33(30-40)37-34(43)20-15-21-38-26-28-46-29-27-38)36(45)42(31-16-9-7-10-17-31)32-18-11-8-12-19-32/h7-12,16-19,33H,3-6,13-15,20-30H2,1-2H3,(H,37,43)/t33-/m0/s1. The van der Waals surface area contributed by atoms with Gasteiger partial charge in [0.15, 0.2) is 0 Å². The second kappa shape index (κ2) is 19.1. The minimum Gasteiger partial charge on any atom is -0.379 e. The lowest BCUT2D eigenvalue weighted by molar-refractivity contribution is -0.123. The fourth-order valence-electron chi connectivity index (χ4n) is 6.12. The maximum atomic E-state index is 14.4. The second-order valence-corrected chi connectivity index (χ2v) is 12.3. The highest BCUT2D eigenvalue weighted by Gasteiger charge is 2.37. The number of hydrogen-bond donors (Lipinski definition) is 1. The summed E-state index contributed by atoms with van der Waals surface area (Å²) in [4.78, 5) is 51.3. The van der Waals surface area contributed by atoms with Crippen molar-refractivity contribution in [3.63, 3.8) is 0 Å². The van der Waals surface area contributed by atoms with Crippen molar-refractivity contribution < 1.29 is 19.1 Å². The molecule has 10 nitrogen and oxygen atoms in total. The number of hydrogen-bond acceptors (Lipinski definition) is 5. The Morgan fingerprint density at radius 2 is 1.35 bits per heavy atom. The van der Waals surface area contributed by atoms with Crippen molar-refractivity contribution in [3.8, 4) is 0 Å². The first-order valence-electron chi connectivity index (χ1n) is 17.4. The topological polar surface area (TPSA) is 88.7 Å². The van der Waals surface area contributed by atoms with Crippen molar-refractivity contribution in [2.24, 2.45) is 0 Å². The number of benzene rings is 2. The van der Waals surface area contributed by atoms with Crippen LogP contribution in [0.3, 0.4) is 0 Å². The van der Waals surface area contributed by atoms with Crippen molar-refractivity contribution in [2.75, 3.05) is 70.5 Å². The van der Waals surface area contributed by atoms with E-state index in [2.05, 4.69) is 24.1 Å². The Balaban J connectivity index is 1.52. The van der Waals surface area contributed by atoms with Crippen LogP contribution in [-0.2, 0) is 9.53 Å². The SMILES string of the molecule is CCCCCN(CCCCC)C(=O)N1CCN(C(=O)N(c2ccccc2)c2ccccc2)[C@H](NC(=O)CCCN2CCOCC2)C1. The van der Waals surface area contributed by atoms with Crippen molar-refractivity contribution in [2.45, 2.75) is 71.4 Å². The molecule has 46 heavy (non-hydrogen) atoms. The highest BCUT2D eigenvalue weighted by molar-refractivity contribution is 5.99. The van der Waals surface area contributed by atoms with Gasteiger partial charge in [-0.3, -0.25) is 14.6 Å². The van der Waals surface area contributed by atoms with Gasteiger partial charge in [0.05, 0.1) is 31.1 Å². The molecule has 0 spiro atoms. The number of urea groups is 2. The number of para-hydroxylation sites is 2. The van der Waals surface area contributed by atoms with Gasteiger partial charge in [-0.15, -0.1) is 0 Å². The predicted molar refractivity (Wildman–Crippen MR) is 183 cm³/mol. The molecule has 5 amide bonds. The quantitative estimate of drug-likeness (QED) is 0.246. The molecule has 2 aliphatic rings. The molecule has 2 fully saturated rings. The maximum Gasteiger partial charge on any atom is 0.330 e. The number of carbonyl (C=O) groups excluding carboxylic acids is 3. The van der Waals surface area contributed by atoms with Crippen LogP contribution in [0, 0.1) is 0 Å². The molecule has 0 unspecified atom stereocenters. The Morgan fingerprint density at radius 1 is 0.761 bits per heavy atom. The molecular formula is C36H54N6O4. The summed E-state index contributed by atoms with van der Waals surface area (Å²) in [6.45, 7) is 10.8. The Kier molecular flexibility index (Phi) is 14.6. The molecule has 10 heteroatoms. The van der Waals surface area contributed by atoms with Crippen molar-refractivity contribution in [1.82, 2.24) is 24.9 Å². The van der Waals surface area contributed by atoms with E-state index in [1.54, 1.807) is 9.80 Å². The van der Waals surface area contributed by atoms with Gasteiger partial charge in [-0.1, -0.05) is 75.9 Å². The predicted octanol–water partition coefficient (Wildman–Crippen LogP) is 5.92. The van der Waals surface area contributed by atoms with E-state index in [1.165, 1.54) is 0 Å². The Labute approximate surface area is 275 Å². The number of amides is 5. The lowest BCUT2D eigenvalue weighted by Gasteiger charge is -2.44. The van der Waals surface area contributed by atoms with E-state index in [1.807, 2.05) is 70.5 Å². The van der Waals surface area contributed by atoms with Crippen molar-refractivity contribution in [1.29, 1.82) is 0 Å². The molecule has 2 aromatic carbocycles. The number of nitrogens with one attached hydrogen (secondary N) is 1. The summed E-state index contributed by atoms with van der Waals surface area (Å²) in [5.41, 5.74) is 1.48. The molecule has 0 aliphatic carbocycles. The van der Waals surface area contributed by atoms with E-state index < -0.39 is 6.17 Å².